The Morgan fingerprint density at radius 2 is 2.00 bits per heavy atom. The molecule has 0 saturated carbocycles. The van der Waals surface area contributed by atoms with Gasteiger partial charge in [-0.1, -0.05) is 32.6 Å². The molecule has 1 N–H and O–H groups in total. The third-order valence-electron chi connectivity index (χ3n) is 1.81. The van der Waals surface area contributed by atoms with Gasteiger partial charge < -0.3 is 4.84 Å². The maximum absolute atomic E-state index is 4.81. The fourth-order valence-electron chi connectivity index (χ4n) is 1.14. The summed E-state index contributed by atoms with van der Waals surface area (Å²) < 4.78 is 0. The van der Waals surface area contributed by atoms with Gasteiger partial charge in [0.1, 0.15) is 0 Å². The fourth-order valence-corrected chi connectivity index (χ4v) is 1.14. The Kier molecular flexibility index (Phi) is 7.96. The van der Waals surface area contributed by atoms with Crippen LogP contribution in [0.2, 0.25) is 0 Å². The number of rotatable bonds is 7. The molecule has 0 bridgehead atoms. The summed E-state index contributed by atoms with van der Waals surface area (Å²) in [5.41, 5.74) is 2.92. The van der Waals surface area contributed by atoms with Crippen LogP contribution < -0.4 is 5.48 Å². The summed E-state index contributed by atoms with van der Waals surface area (Å²) in [6.45, 7) is 4.38. The molecule has 2 nitrogen and oxygen atoms in total. The van der Waals surface area contributed by atoms with Crippen LogP contribution in [0.5, 0.6) is 0 Å². The lowest BCUT2D eigenvalue weighted by atomic mass is 10.1. The van der Waals surface area contributed by atoms with Crippen molar-refractivity contribution in [3.8, 4) is 0 Å². The van der Waals surface area contributed by atoms with Crippen molar-refractivity contribution in [2.75, 3.05) is 7.11 Å². The molecule has 0 heterocycles. The van der Waals surface area contributed by atoms with Gasteiger partial charge in [0.15, 0.2) is 0 Å². The molecule has 0 spiro atoms. The van der Waals surface area contributed by atoms with Crippen molar-refractivity contribution in [2.24, 2.45) is 0 Å². The molecule has 0 aliphatic carbocycles. The molecule has 0 rings (SSSR count). The topological polar surface area (TPSA) is 21.3 Å². The highest BCUT2D eigenvalue weighted by atomic mass is 16.6. The van der Waals surface area contributed by atoms with Crippen molar-refractivity contribution >= 4 is 0 Å². The summed E-state index contributed by atoms with van der Waals surface area (Å²) in [5, 5.41) is 0. The number of unbranched alkanes of at least 4 members (excludes halogenated alkanes) is 3. The third kappa shape index (κ3) is 7.82. The SMILES string of the molecule is CCCCCCC(C)NOC. The molecule has 0 aliphatic heterocycles. The first-order valence-electron chi connectivity index (χ1n) is 4.59. The molecule has 0 aromatic carbocycles. The maximum Gasteiger partial charge on any atom is 0.0572 e. The predicted octanol–water partition coefficient (Wildman–Crippen LogP) is 2.50. The van der Waals surface area contributed by atoms with Crippen molar-refractivity contribution < 1.29 is 4.84 Å². The van der Waals surface area contributed by atoms with E-state index in [0.717, 1.165) is 0 Å². The fraction of sp³-hybridized carbons (Fsp3) is 1.00. The van der Waals surface area contributed by atoms with E-state index in [1.54, 1.807) is 7.11 Å². The van der Waals surface area contributed by atoms with Gasteiger partial charge in [-0.25, -0.2) is 5.48 Å². The molecule has 0 saturated heterocycles. The molecule has 0 aromatic rings. The first-order chi connectivity index (χ1) is 5.31. The van der Waals surface area contributed by atoms with E-state index in [4.69, 9.17) is 4.84 Å². The lowest BCUT2D eigenvalue weighted by molar-refractivity contribution is 0.0628. The van der Waals surface area contributed by atoms with Crippen molar-refractivity contribution in [1.82, 2.24) is 5.48 Å². The molecule has 2 heteroatoms. The normalized spacial score (nSPS) is 13.4. The molecule has 0 aromatic heterocycles. The number of hydroxylamine groups is 1. The minimum absolute atomic E-state index is 0.497. The first kappa shape index (κ1) is 10.9. The quantitative estimate of drug-likeness (QED) is 0.455. The Morgan fingerprint density at radius 3 is 2.55 bits per heavy atom. The average Bonchev–Trinajstić information content (AvgIpc) is 1.99. The largest absolute Gasteiger partial charge is 0.305 e. The van der Waals surface area contributed by atoms with Gasteiger partial charge >= 0.3 is 0 Å². The average molecular weight is 159 g/mol. The lowest BCUT2D eigenvalue weighted by Crippen LogP contribution is -2.24. The second kappa shape index (κ2) is 8.02. The van der Waals surface area contributed by atoms with Crippen LogP contribution in [0.25, 0.3) is 0 Å². The monoisotopic (exact) mass is 159 g/mol. The van der Waals surface area contributed by atoms with Crippen molar-refractivity contribution in [1.29, 1.82) is 0 Å². The zero-order valence-electron chi connectivity index (χ0n) is 8.02. The van der Waals surface area contributed by atoms with Gasteiger partial charge in [-0.3, -0.25) is 0 Å². The number of hydrogen-bond acceptors (Lipinski definition) is 2. The smallest absolute Gasteiger partial charge is 0.0572 e. The molecule has 68 valence electrons. The van der Waals surface area contributed by atoms with E-state index in [1.165, 1.54) is 32.1 Å². The summed E-state index contributed by atoms with van der Waals surface area (Å²) >= 11 is 0. The van der Waals surface area contributed by atoms with Gasteiger partial charge in [0.05, 0.1) is 7.11 Å². The van der Waals surface area contributed by atoms with E-state index in [9.17, 15) is 0 Å². The van der Waals surface area contributed by atoms with E-state index in [-0.39, 0.29) is 0 Å². The Morgan fingerprint density at radius 1 is 1.27 bits per heavy atom. The van der Waals surface area contributed by atoms with Gasteiger partial charge in [0.2, 0.25) is 0 Å². The van der Waals surface area contributed by atoms with Gasteiger partial charge in [0, 0.05) is 6.04 Å². The molecular weight excluding hydrogens is 138 g/mol. The highest BCUT2D eigenvalue weighted by molar-refractivity contribution is 4.54. The molecular formula is C9H21NO. The van der Waals surface area contributed by atoms with Gasteiger partial charge in [-0.15, -0.1) is 0 Å². The molecule has 1 atom stereocenters. The van der Waals surface area contributed by atoms with Crippen LogP contribution in [0.1, 0.15) is 46.0 Å². The zero-order valence-corrected chi connectivity index (χ0v) is 8.02. The summed E-state index contributed by atoms with van der Waals surface area (Å²) in [5.74, 6) is 0. The highest BCUT2D eigenvalue weighted by Gasteiger charge is 1.98. The minimum atomic E-state index is 0.497. The lowest BCUT2D eigenvalue weighted by Gasteiger charge is -2.10. The Labute approximate surface area is 70.3 Å². The van der Waals surface area contributed by atoms with Crippen LogP contribution in [0, 0.1) is 0 Å². The molecule has 0 radical (unpaired) electrons. The summed E-state index contributed by atoms with van der Waals surface area (Å²) in [7, 11) is 1.67. The van der Waals surface area contributed by atoms with Gasteiger partial charge in [0.25, 0.3) is 0 Å². The molecule has 0 amide bonds. The maximum atomic E-state index is 4.81. The van der Waals surface area contributed by atoms with Gasteiger partial charge in [-0.2, -0.15) is 0 Å². The van der Waals surface area contributed by atoms with Gasteiger partial charge in [-0.05, 0) is 13.3 Å². The number of nitrogens with one attached hydrogen (secondary N) is 1. The molecule has 1 unspecified atom stereocenters. The molecule has 0 aliphatic rings. The van der Waals surface area contributed by atoms with Crippen LogP contribution in [-0.2, 0) is 4.84 Å². The van der Waals surface area contributed by atoms with E-state index in [1.807, 2.05) is 0 Å². The summed E-state index contributed by atoms with van der Waals surface area (Å²) in [4.78, 5) is 4.81. The third-order valence-corrected chi connectivity index (χ3v) is 1.81. The van der Waals surface area contributed by atoms with Crippen LogP contribution in [0.3, 0.4) is 0 Å². The van der Waals surface area contributed by atoms with Crippen molar-refractivity contribution in [3.63, 3.8) is 0 Å². The highest BCUT2D eigenvalue weighted by Crippen LogP contribution is 2.04. The van der Waals surface area contributed by atoms with E-state index in [0.29, 0.717) is 6.04 Å². The van der Waals surface area contributed by atoms with Crippen LogP contribution in [-0.4, -0.2) is 13.2 Å². The first-order valence-corrected chi connectivity index (χ1v) is 4.59. The van der Waals surface area contributed by atoms with Crippen LogP contribution in [0.15, 0.2) is 0 Å². The van der Waals surface area contributed by atoms with E-state index < -0.39 is 0 Å². The minimum Gasteiger partial charge on any atom is -0.305 e. The zero-order chi connectivity index (χ0) is 8.53. The van der Waals surface area contributed by atoms with E-state index in [2.05, 4.69) is 19.3 Å². The molecule has 11 heavy (non-hydrogen) atoms. The summed E-state index contributed by atoms with van der Waals surface area (Å²) in [6.07, 6.45) is 6.55. The molecule has 0 fully saturated rings. The van der Waals surface area contributed by atoms with Crippen molar-refractivity contribution in [3.05, 3.63) is 0 Å². The van der Waals surface area contributed by atoms with Crippen molar-refractivity contribution in [2.45, 2.75) is 52.0 Å². The second-order valence-corrected chi connectivity index (χ2v) is 3.07. The number of hydrogen-bond donors (Lipinski definition) is 1. The standard InChI is InChI=1S/C9H21NO/c1-4-5-6-7-8-9(2)10-11-3/h9-10H,4-8H2,1-3H3. The summed E-state index contributed by atoms with van der Waals surface area (Å²) in [6, 6.07) is 0.497. The Bertz CT molecular complexity index is 76.0. The Balaban J connectivity index is 2.97. The van der Waals surface area contributed by atoms with Crippen LogP contribution in [0.4, 0.5) is 0 Å². The Hall–Kier alpha value is -0.0800. The second-order valence-electron chi connectivity index (χ2n) is 3.07. The van der Waals surface area contributed by atoms with Crippen LogP contribution >= 0.6 is 0 Å². The van der Waals surface area contributed by atoms with E-state index >= 15 is 0 Å². The predicted molar refractivity (Wildman–Crippen MR) is 48.4 cm³/mol.